The minimum Gasteiger partial charge on any atom is -0.439 e. The molecule has 1 aliphatic rings. The lowest BCUT2D eigenvalue weighted by atomic mass is 10.2. The topological polar surface area (TPSA) is 58.4 Å². The monoisotopic (exact) mass is 345 g/mol. The standard InChI is InChI=1S/C18H23N3O2S/c1-21(14-8-9-15(10-14)24-2)18(22)20-12-17-19-11-16(23-17)13-6-4-3-5-7-13/h3-7,11,14-15H,8-10,12H2,1-2H3,(H,20,22). The Hall–Kier alpha value is -1.95. The molecule has 1 N–H and O–H groups in total. The summed E-state index contributed by atoms with van der Waals surface area (Å²) in [5.41, 5.74) is 0.980. The second-order valence-electron chi connectivity index (χ2n) is 6.08. The van der Waals surface area contributed by atoms with Gasteiger partial charge in [0, 0.05) is 23.9 Å². The number of aromatic nitrogens is 1. The Kier molecular flexibility index (Phi) is 5.45. The smallest absolute Gasteiger partial charge is 0.317 e. The summed E-state index contributed by atoms with van der Waals surface area (Å²) >= 11 is 1.89. The summed E-state index contributed by atoms with van der Waals surface area (Å²) in [5, 5.41) is 3.57. The maximum Gasteiger partial charge on any atom is 0.317 e. The molecule has 0 saturated heterocycles. The fraction of sp³-hybridized carbons (Fsp3) is 0.444. The van der Waals surface area contributed by atoms with E-state index in [9.17, 15) is 4.79 Å². The first-order valence-corrected chi connectivity index (χ1v) is 9.49. The first kappa shape index (κ1) is 16.9. The van der Waals surface area contributed by atoms with Crippen LogP contribution in [0.25, 0.3) is 11.3 Å². The Labute approximate surface area is 146 Å². The van der Waals surface area contributed by atoms with Crippen molar-refractivity contribution in [2.75, 3.05) is 13.3 Å². The highest BCUT2D eigenvalue weighted by Crippen LogP contribution is 2.30. The maximum absolute atomic E-state index is 12.3. The molecule has 1 aromatic heterocycles. The molecule has 1 aromatic carbocycles. The van der Waals surface area contributed by atoms with Gasteiger partial charge in [0.05, 0.1) is 12.7 Å². The fourth-order valence-electron chi connectivity index (χ4n) is 3.05. The molecule has 2 aromatic rings. The van der Waals surface area contributed by atoms with Crippen molar-refractivity contribution >= 4 is 17.8 Å². The number of nitrogens with one attached hydrogen (secondary N) is 1. The molecular formula is C18H23N3O2S. The van der Waals surface area contributed by atoms with Crippen molar-refractivity contribution in [3.63, 3.8) is 0 Å². The van der Waals surface area contributed by atoms with Crippen molar-refractivity contribution in [2.24, 2.45) is 0 Å². The average molecular weight is 345 g/mol. The zero-order chi connectivity index (χ0) is 16.9. The van der Waals surface area contributed by atoms with Gasteiger partial charge in [-0.3, -0.25) is 0 Å². The van der Waals surface area contributed by atoms with Crippen molar-refractivity contribution in [2.45, 2.75) is 37.1 Å². The third-order valence-corrected chi connectivity index (χ3v) is 5.66. The molecule has 1 heterocycles. The van der Waals surface area contributed by atoms with Gasteiger partial charge in [-0.1, -0.05) is 30.3 Å². The number of benzene rings is 1. The van der Waals surface area contributed by atoms with Crippen LogP contribution in [0.15, 0.2) is 40.9 Å². The highest BCUT2D eigenvalue weighted by Gasteiger charge is 2.29. The van der Waals surface area contributed by atoms with E-state index < -0.39 is 0 Å². The predicted octanol–water partition coefficient (Wildman–Crippen LogP) is 3.77. The number of oxazole rings is 1. The Morgan fingerprint density at radius 2 is 2.17 bits per heavy atom. The van der Waals surface area contributed by atoms with Crippen LogP contribution < -0.4 is 5.32 Å². The van der Waals surface area contributed by atoms with E-state index in [1.165, 1.54) is 6.42 Å². The van der Waals surface area contributed by atoms with Gasteiger partial charge >= 0.3 is 6.03 Å². The second kappa shape index (κ2) is 7.75. The van der Waals surface area contributed by atoms with Gasteiger partial charge in [0.25, 0.3) is 0 Å². The van der Waals surface area contributed by atoms with E-state index >= 15 is 0 Å². The van der Waals surface area contributed by atoms with Crippen LogP contribution in [0.4, 0.5) is 4.79 Å². The SMILES string of the molecule is CSC1CCC(N(C)C(=O)NCc2ncc(-c3ccccc3)o2)C1. The van der Waals surface area contributed by atoms with Gasteiger partial charge in [-0.05, 0) is 25.5 Å². The van der Waals surface area contributed by atoms with Gasteiger partial charge in [-0.15, -0.1) is 0 Å². The molecule has 2 atom stereocenters. The molecule has 128 valence electrons. The van der Waals surface area contributed by atoms with Crippen LogP contribution in [0.1, 0.15) is 25.2 Å². The number of hydrogen-bond acceptors (Lipinski definition) is 4. The van der Waals surface area contributed by atoms with E-state index in [4.69, 9.17) is 4.42 Å². The van der Waals surface area contributed by atoms with Crippen LogP contribution in [0.5, 0.6) is 0 Å². The van der Waals surface area contributed by atoms with Crippen molar-refractivity contribution in [1.82, 2.24) is 15.2 Å². The van der Waals surface area contributed by atoms with Gasteiger partial charge in [0.15, 0.2) is 5.76 Å². The molecular weight excluding hydrogens is 322 g/mol. The van der Waals surface area contributed by atoms with E-state index in [-0.39, 0.29) is 6.03 Å². The van der Waals surface area contributed by atoms with Crippen LogP contribution in [0.2, 0.25) is 0 Å². The van der Waals surface area contributed by atoms with E-state index in [1.807, 2.05) is 54.0 Å². The Balaban J connectivity index is 1.52. The number of hydrogen-bond donors (Lipinski definition) is 1. The van der Waals surface area contributed by atoms with Crippen molar-refractivity contribution in [3.8, 4) is 11.3 Å². The van der Waals surface area contributed by atoms with Crippen LogP contribution in [0.3, 0.4) is 0 Å². The molecule has 2 amide bonds. The van der Waals surface area contributed by atoms with Crippen LogP contribution >= 0.6 is 11.8 Å². The molecule has 0 radical (unpaired) electrons. The lowest BCUT2D eigenvalue weighted by Gasteiger charge is -2.24. The number of nitrogens with zero attached hydrogens (tertiary/aromatic N) is 2. The van der Waals surface area contributed by atoms with Crippen molar-refractivity contribution in [3.05, 3.63) is 42.4 Å². The summed E-state index contributed by atoms with van der Waals surface area (Å²) in [4.78, 5) is 18.4. The number of thioether (sulfide) groups is 1. The van der Waals surface area contributed by atoms with Gasteiger partial charge in [-0.2, -0.15) is 11.8 Å². The van der Waals surface area contributed by atoms with Crippen LogP contribution in [0, 0.1) is 0 Å². The van der Waals surface area contributed by atoms with Gasteiger partial charge in [0.1, 0.15) is 0 Å². The summed E-state index contributed by atoms with van der Waals surface area (Å²) in [6.07, 6.45) is 7.17. The first-order valence-electron chi connectivity index (χ1n) is 8.21. The van der Waals surface area contributed by atoms with Gasteiger partial charge in [0.2, 0.25) is 5.89 Å². The molecule has 3 rings (SSSR count). The Morgan fingerprint density at radius 3 is 2.88 bits per heavy atom. The maximum atomic E-state index is 12.3. The Morgan fingerprint density at radius 1 is 1.38 bits per heavy atom. The molecule has 0 bridgehead atoms. The third kappa shape index (κ3) is 3.93. The summed E-state index contributed by atoms with van der Waals surface area (Å²) in [6, 6.07) is 10.1. The van der Waals surface area contributed by atoms with Gasteiger partial charge < -0.3 is 14.6 Å². The molecule has 6 heteroatoms. The van der Waals surface area contributed by atoms with Crippen molar-refractivity contribution in [1.29, 1.82) is 0 Å². The van der Waals surface area contributed by atoms with E-state index in [0.29, 0.717) is 29.5 Å². The first-order chi connectivity index (χ1) is 11.7. The average Bonchev–Trinajstić information content (AvgIpc) is 3.29. The molecule has 0 aliphatic heterocycles. The number of carbonyl (C=O) groups excluding carboxylic acids is 1. The van der Waals surface area contributed by atoms with E-state index in [1.54, 1.807) is 6.20 Å². The number of urea groups is 1. The van der Waals surface area contributed by atoms with E-state index in [0.717, 1.165) is 18.4 Å². The highest BCUT2D eigenvalue weighted by molar-refractivity contribution is 7.99. The number of amides is 2. The molecule has 2 unspecified atom stereocenters. The zero-order valence-corrected chi connectivity index (χ0v) is 14.9. The molecule has 5 nitrogen and oxygen atoms in total. The number of rotatable bonds is 5. The lowest BCUT2D eigenvalue weighted by Crippen LogP contribution is -2.42. The summed E-state index contributed by atoms with van der Waals surface area (Å²) in [6.45, 7) is 0.300. The Bertz CT molecular complexity index is 674. The number of carbonyl (C=O) groups is 1. The van der Waals surface area contributed by atoms with Crippen LogP contribution in [-0.2, 0) is 6.54 Å². The lowest BCUT2D eigenvalue weighted by molar-refractivity contribution is 0.189. The van der Waals surface area contributed by atoms with E-state index in [2.05, 4.69) is 16.6 Å². The minimum absolute atomic E-state index is 0.0683. The van der Waals surface area contributed by atoms with Gasteiger partial charge in [-0.25, -0.2) is 9.78 Å². The second-order valence-corrected chi connectivity index (χ2v) is 7.22. The highest BCUT2D eigenvalue weighted by atomic mass is 32.2. The quantitative estimate of drug-likeness (QED) is 0.896. The third-order valence-electron chi connectivity index (χ3n) is 4.56. The molecule has 1 saturated carbocycles. The van der Waals surface area contributed by atoms with Crippen LogP contribution in [-0.4, -0.2) is 40.5 Å². The summed E-state index contributed by atoms with van der Waals surface area (Å²) in [7, 11) is 1.87. The van der Waals surface area contributed by atoms with Crippen molar-refractivity contribution < 1.29 is 9.21 Å². The molecule has 1 fully saturated rings. The summed E-state index contributed by atoms with van der Waals surface area (Å²) < 4.78 is 5.71. The predicted molar refractivity (Wildman–Crippen MR) is 96.9 cm³/mol. The minimum atomic E-state index is -0.0683. The normalized spacial score (nSPS) is 20.1. The fourth-order valence-corrected chi connectivity index (χ4v) is 3.84. The zero-order valence-electron chi connectivity index (χ0n) is 14.1. The molecule has 0 spiro atoms. The summed E-state index contributed by atoms with van der Waals surface area (Å²) in [5.74, 6) is 1.23. The largest absolute Gasteiger partial charge is 0.439 e. The molecule has 1 aliphatic carbocycles. The molecule has 24 heavy (non-hydrogen) atoms.